The van der Waals surface area contributed by atoms with E-state index in [9.17, 15) is 0 Å². The minimum Gasteiger partial charge on any atom is -0.439 e. The lowest BCUT2D eigenvalue weighted by molar-refractivity contribution is 0.465. The molecule has 78 valence electrons. The van der Waals surface area contributed by atoms with Gasteiger partial charge >= 0.3 is 0 Å². The van der Waals surface area contributed by atoms with Gasteiger partial charge in [-0.3, -0.25) is 4.98 Å². The van der Waals surface area contributed by atoms with E-state index in [4.69, 9.17) is 4.74 Å². The molecule has 0 saturated heterocycles. The van der Waals surface area contributed by atoms with Gasteiger partial charge in [0.15, 0.2) is 5.88 Å². The lowest BCUT2D eigenvalue weighted by Gasteiger charge is -2.00. The van der Waals surface area contributed by atoms with Gasteiger partial charge in [-0.2, -0.15) is 0 Å². The molecule has 0 bridgehead atoms. The van der Waals surface area contributed by atoms with Gasteiger partial charge in [0.25, 0.3) is 0 Å². The minimum atomic E-state index is 0.731. The molecule has 0 fully saturated rings. The van der Waals surface area contributed by atoms with Crippen molar-refractivity contribution in [2.75, 3.05) is 0 Å². The van der Waals surface area contributed by atoms with Crippen LogP contribution in [0, 0.1) is 0 Å². The number of ether oxygens (including phenoxy) is 1. The van der Waals surface area contributed by atoms with E-state index >= 15 is 0 Å². The number of nitrogens with zero attached hydrogens (tertiary/aromatic N) is 1. The third-order valence-corrected chi connectivity index (χ3v) is 2.37. The third kappa shape index (κ3) is 1.63. The Morgan fingerprint density at radius 2 is 2.00 bits per heavy atom. The van der Waals surface area contributed by atoms with Crippen molar-refractivity contribution in [2.24, 2.45) is 0 Å². The van der Waals surface area contributed by atoms with Gasteiger partial charge < -0.3 is 9.72 Å². The smallest absolute Gasteiger partial charge is 0.198 e. The molecular formula is C13H10N2O. The first-order valence-corrected chi connectivity index (χ1v) is 5.07. The summed E-state index contributed by atoms with van der Waals surface area (Å²) in [4.78, 5) is 7.19. The number of benzene rings is 1. The van der Waals surface area contributed by atoms with Crippen molar-refractivity contribution in [2.45, 2.75) is 0 Å². The van der Waals surface area contributed by atoms with Crippen LogP contribution in [0.3, 0.4) is 0 Å². The fraction of sp³-hybridized carbons (Fsp3) is 0. The van der Waals surface area contributed by atoms with Gasteiger partial charge in [-0.15, -0.1) is 0 Å². The zero-order valence-corrected chi connectivity index (χ0v) is 8.55. The zero-order valence-electron chi connectivity index (χ0n) is 8.55. The molecule has 0 aliphatic heterocycles. The van der Waals surface area contributed by atoms with Crippen LogP contribution in [0.4, 0.5) is 0 Å². The van der Waals surface area contributed by atoms with Gasteiger partial charge in [-0.05, 0) is 18.2 Å². The number of hydrogen-bond acceptors (Lipinski definition) is 2. The van der Waals surface area contributed by atoms with Crippen molar-refractivity contribution in [3.05, 3.63) is 54.9 Å². The molecule has 3 aromatic rings. The summed E-state index contributed by atoms with van der Waals surface area (Å²) in [5.74, 6) is 1.46. The van der Waals surface area contributed by atoms with E-state index in [0.717, 1.165) is 22.5 Å². The highest BCUT2D eigenvalue weighted by Crippen LogP contribution is 2.24. The number of aromatic nitrogens is 2. The van der Waals surface area contributed by atoms with Crippen LogP contribution >= 0.6 is 0 Å². The summed E-state index contributed by atoms with van der Waals surface area (Å²) in [7, 11) is 0. The number of para-hydroxylation sites is 1. The number of nitrogens with one attached hydrogen (secondary N) is 1. The molecule has 0 saturated carbocycles. The van der Waals surface area contributed by atoms with Gasteiger partial charge in [-0.25, -0.2) is 0 Å². The summed E-state index contributed by atoms with van der Waals surface area (Å²) >= 11 is 0. The molecule has 0 radical (unpaired) electrons. The zero-order chi connectivity index (χ0) is 10.8. The summed E-state index contributed by atoms with van der Waals surface area (Å²) in [5.41, 5.74) is 1.07. The lowest BCUT2D eigenvalue weighted by atomic mass is 10.3. The minimum absolute atomic E-state index is 0.731. The largest absolute Gasteiger partial charge is 0.439 e. The van der Waals surface area contributed by atoms with Crippen LogP contribution in [0.2, 0.25) is 0 Å². The molecule has 3 heteroatoms. The maximum atomic E-state index is 5.65. The standard InChI is InChI=1S/C13H10N2O/c1-2-6-12-10(4-1)8-13(15-12)16-11-5-3-7-14-9-11/h1-9,15H. The molecule has 3 rings (SSSR count). The summed E-state index contributed by atoms with van der Waals surface area (Å²) in [6.45, 7) is 0. The molecule has 0 atom stereocenters. The molecule has 2 aromatic heterocycles. The van der Waals surface area contributed by atoms with Crippen LogP contribution < -0.4 is 4.74 Å². The van der Waals surface area contributed by atoms with Crippen molar-refractivity contribution in [1.82, 2.24) is 9.97 Å². The predicted molar refractivity (Wildman–Crippen MR) is 62.6 cm³/mol. The van der Waals surface area contributed by atoms with Gasteiger partial charge in [0.1, 0.15) is 5.75 Å². The monoisotopic (exact) mass is 210 g/mol. The number of hydrogen-bond donors (Lipinski definition) is 1. The molecule has 16 heavy (non-hydrogen) atoms. The molecule has 0 spiro atoms. The van der Waals surface area contributed by atoms with E-state index in [1.165, 1.54) is 0 Å². The Hall–Kier alpha value is -2.29. The summed E-state index contributed by atoms with van der Waals surface area (Å²) in [6, 6.07) is 13.8. The van der Waals surface area contributed by atoms with Gasteiger partial charge in [0.2, 0.25) is 0 Å². The van der Waals surface area contributed by atoms with E-state index in [1.807, 2.05) is 42.5 Å². The second-order valence-corrected chi connectivity index (χ2v) is 3.51. The predicted octanol–water partition coefficient (Wildman–Crippen LogP) is 3.36. The molecule has 0 aliphatic carbocycles. The molecule has 2 heterocycles. The van der Waals surface area contributed by atoms with Crippen molar-refractivity contribution >= 4 is 10.9 Å². The fourth-order valence-corrected chi connectivity index (χ4v) is 1.64. The molecule has 0 unspecified atom stereocenters. The Bertz CT molecular complexity index is 568. The second-order valence-electron chi connectivity index (χ2n) is 3.51. The first-order chi connectivity index (χ1) is 7.92. The first kappa shape index (κ1) is 8.97. The number of pyridine rings is 1. The number of aromatic amines is 1. The Labute approximate surface area is 92.7 Å². The number of fused-ring (bicyclic) bond motifs is 1. The SMILES string of the molecule is c1cncc(Oc2cc3ccccc3[nH]2)c1. The van der Waals surface area contributed by atoms with Crippen molar-refractivity contribution in [3.8, 4) is 11.6 Å². The van der Waals surface area contributed by atoms with Crippen LogP contribution in [0.5, 0.6) is 11.6 Å². The van der Waals surface area contributed by atoms with Crippen molar-refractivity contribution in [3.63, 3.8) is 0 Å². The van der Waals surface area contributed by atoms with Crippen LogP contribution in [0.1, 0.15) is 0 Å². The maximum Gasteiger partial charge on any atom is 0.198 e. The van der Waals surface area contributed by atoms with Gasteiger partial charge in [0.05, 0.1) is 6.20 Å². The number of rotatable bonds is 2. The van der Waals surface area contributed by atoms with Crippen LogP contribution in [0.25, 0.3) is 10.9 Å². The van der Waals surface area contributed by atoms with Gasteiger partial charge in [-0.1, -0.05) is 18.2 Å². The van der Waals surface area contributed by atoms with E-state index in [2.05, 4.69) is 9.97 Å². The fourth-order valence-electron chi connectivity index (χ4n) is 1.64. The average molecular weight is 210 g/mol. The highest BCUT2D eigenvalue weighted by Gasteiger charge is 2.01. The molecule has 0 amide bonds. The second kappa shape index (κ2) is 3.70. The Morgan fingerprint density at radius 3 is 2.81 bits per heavy atom. The Kier molecular flexibility index (Phi) is 2.07. The lowest BCUT2D eigenvalue weighted by Crippen LogP contribution is -1.83. The molecule has 1 aromatic carbocycles. The van der Waals surface area contributed by atoms with Crippen LogP contribution in [0.15, 0.2) is 54.9 Å². The summed E-state index contributed by atoms with van der Waals surface area (Å²) in [6.07, 6.45) is 3.41. The van der Waals surface area contributed by atoms with E-state index in [0.29, 0.717) is 0 Å². The van der Waals surface area contributed by atoms with Crippen molar-refractivity contribution < 1.29 is 4.74 Å². The topological polar surface area (TPSA) is 37.9 Å². The highest BCUT2D eigenvalue weighted by atomic mass is 16.5. The average Bonchev–Trinajstić information content (AvgIpc) is 2.72. The highest BCUT2D eigenvalue weighted by molar-refractivity contribution is 5.81. The molecular weight excluding hydrogens is 200 g/mol. The van der Waals surface area contributed by atoms with Crippen molar-refractivity contribution in [1.29, 1.82) is 0 Å². The molecule has 1 N–H and O–H groups in total. The Morgan fingerprint density at radius 1 is 1.06 bits per heavy atom. The normalized spacial score (nSPS) is 10.5. The molecule has 3 nitrogen and oxygen atoms in total. The van der Waals surface area contributed by atoms with E-state index in [1.54, 1.807) is 12.4 Å². The first-order valence-electron chi connectivity index (χ1n) is 5.07. The van der Waals surface area contributed by atoms with E-state index in [-0.39, 0.29) is 0 Å². The molecule has 0 aliphatic rings. The number of H-pyrrole nitrogens is 1. The summed E-state index contributed by atoms with van der Waals surface area (Å²) < 4.78 is 5.65. The third-order valence-electron chi connectivity index (χ3n) is 2.37. The van der Waals surface area contributed by atoms with Crippen LogP contribution in [-0.4, -0.2) is 9.97 Å². The van der Waals surface area contributed by atoms with E-state index < -0.39 is 0 Å². The van der Waals surface area contributed by atoms with Gasteiger partial charge in [0, 0.05) is 23.2 Å². The Balaban J connectivity index is 1.95. The van der Waals surface area contributed by atoms with Crippen LogP contribution in [-0.2, 0) is 0 Å². The quantitative estimate of drug-likeness (QED) is 0.704. The summed E-state index contributed by atoms with van der Waals surface area (Å²) in [5, 5.41) is 1.14. The maximum absolute atomic E-state index is 5.65.